The second kappa shape index (κ2) is 5.41. The van der Waals surface area contributed by atoms with Gasteiger partial charge in [-0.15, -0.1) is 11.8 Å². The summed E-state index contributed by atoms with van der Waals surface area (Å²) in [4.78, 5) is 11.7. The van der Waals surface area contributed by atoms with Crippen molar-refractivity contribution in [2.24, 2.45) is 0 Å². The highest BCUT2D eigenvalue weighted by Gasteiger charge is 2.29. The third kappa shape index (κ3) is 3.41. The lowest BCUT2D eigenvalue weighted by atomic mass is 10.1. The van der Waals surface area contributed by atoms with E-state index in [0.29, 0.717) is 5.02 Å². The first-order chi connectivity index (χ1) is 8.88. The maximum absolute atomic E-state index is 10.8. The van der Waals surface area contributed by atoms with Crippen LogP contribution in [0.3, 0.4) is 0 Å². The Morgan fingerprint density at radius 1 is 1.26 bits per heavy atom. The Morgan fingerprint density at radius 3 is 2.58 bits per heavy atom. The highest BCUT2D eigenvalue weighted by molar-refractivity contribution is 7.99. The SMILES string of the molecule is CC(O)(CSc1ccc2cc(Cl)ccc2c1)C(=O)O. The number of aliphatic carboxylic acids is 1. The van der Waals surface area contributed by atoms with Crippen LogP contribution in [-0.2, 0) is 4.79 Å². The van der Waals surface area contributed by atoms with Crippen molar-refractivity contribution in [1.29, 1.82) is 0 Å². The molecule has 0 aromatic heterocycles. The monoisotopic (exact) mass is 296 g/mol. The third-order valence-electron chi connectivity index (χ3n) is 2.75. The number of rotatable bonds is 4. The number of aliphatic hydroxyl groups is 1. The van der Waals surface area contributed by atoms with Gasteiger partial charge in [0.1, 0.15) is 0 Å². The Labute approximate surface area is 120 Å². The molecule has 2 aromatic carbocycles. The number of benzene rings is 2. The summed E-state index contributed by atoms with van der Waals surface area (Å²) in [5.74, 6) is -1.12. The third-order valence-corrected chi connectivity index (χ3v) is 4.28. The van der Waals surface area contributed by atoms with Gasteiger partial charge in [-0.2, -0.15) is 0 Å². The van der Waals surface area contributed by atoms with E-state index in [-0.39, 0.29) is 5.75 Å². The quantitative estimate of drug-likeness (QED) is 0.849. The number of thioether (sulfide) groups is 1. The highest BCUT2D eigenvalue weighted by atomic mass is 35.5. The molecule has 1 unspecified atom stereocenters. The van der Waals surface area contributed by atoms with Crippen molar-refractivity contribution in [1.82, 2.24) is 0 Å². The van der Waals surface area contributed by atoms with Crippen LogP contribution in [0.1, 0.15) is 6.92 Å². The minimum Gasteiger partial charge on any atom is -0.479 e. The van der Waals surface area contributed by atoms with Crippen LogP contribution in [0.2, 0.25) is 5.02 Å². The van der Waals surface area contributed by atoms with Gasteiger partial charge in [0.2, 0.25) is 0 Å². The largest absolute Gasteiger partial charge is 0.479 e. The molecule has 0 aliphatic heterocycles. The van der Waals surface area contributed by atoms with Crippen LogP contribution >= 0.6 is 23.4 Å². The number of hydrogen-bond acceptors (Lipinski definition) is 3. The van der Waals surface area contributed by atoms with Gasteiger partial charge in [0.25, 0.3) is 0 Å². The second-order valence-corrected chi connectivity index (χ2v) is 6.01. The summed E-state index contributed by atoms with van der Waals surface area (Å²) in [6.07, 6.45) is 0. The average molecular weight is 297 g/mol. The fourth-order valence-electron chi connectivity index (χ4n) is 1.57. The van der Waals surface area contributed by atoms with Crippen LogP contribution in [0.4, 0.5) is 0 Å². The van der Waals surface area contributed by atoms with E-state index < -0.39 is 11.6 Å². The zero-order chi connectivity index (χ0) is 14.0. The summed E-state index contributed by atoms with van der Waals surface area (Å²) in [5, 5.41) is 21.3. The highest BCUT2D eigenvalue weighted by Crippen LogP contribution is 2.27. The fourth-order valence-corrected chi connectivity index (χ4v) is 2.70. The maximum Gasteiger partial charge on any atom is 0.336 e. The summed E-state index contributed by atoms with van der Waals surface area (Å²) in [5.41, 5.74) is -1.72. The van der Waals surface area contributed by atoms with Crippen molar-refractivity contribution in [3.63, 3.8) is 0 Å². The molecular weight excluding hydrogens is 284 g/mol. The van der Waals surface area contributed by atoms with Gasteiger partial charge in [-0.3, -0.25) is 0 Å². The molecule has 2 aromatic rings. The molecule has 2 rings (SSSR count). The van der Waals surface area contributed by atoms with Crippen LogP contribution < -0.4 is 0 Å². The summed E-state index contributed by atoms with van der Waals surface area (Å²) in [7, 11) is 0. The minimum absolute atomic E-state index is 0.0986. The van der Waals surface area contributed by atoms with E-state index in [1.54, 1.807) is 0 Å². The molecular formula is C14H13ClO3S. The molecule has 0 fully saturated rings. The number of fused-ring (bicyclic) bond motifs is 1. The molecule has 0 aliphatic carbocycles. The van der Waals surface area contributed by atoms with Gasteiger partial charge in [-0.1, -0.05) is 23.7 Å². The zero-order valence-electron chi connectivity index (χ0n) is 10.3. The van der Waals surface area contributed by atoms with Crippen LogP contribution in [0.15, 0.2) is 41.3 Å². The second-order valence-electron chi connectivity index (χ2n) is 4.52. The number of hydrogen-bond donors (Lipinski definition) is 2. The van der Waals surface area contributed by atoms with E-state index >= 15 is 0 Å². The normalized spacial score (nSPS) is 14.3. The average Bonchev–Trinajstić information content (AvgIpc) is 2.36. The van der Waals surface area contributed by atoms with Gasteiger partial charge in [0.05, 0.1) is 0 Å². The predicted octanol–water partition coefficient (Wildman–Crippen LogP) is 3.42. The molecule has 0 amide bonds. The van der Waals surface area contributed by atoms with Gasteiger partial charge in [0, 0.05) is 15.7 Å². The van der Waals surface area contributed by atoms with E-state index in [1.165, 1.54) is 18.7 Å². The van der Waals surface area contributed by atoms with Gasteiger partial charge in [0.15, 0.2) is 5.60 Å². The molecule has 19 heavy (non-hydrogen) atoms. The minimum atomic E-state index is -1.72. The van der Waals surface area contributed by atoms with E-state index in [1.807, 2.05) is 36.4 Å². The lowest BCUT2D eigenvalue weighted by Gasteiger charge is -2.17. The molecule has 0 bridgehead atoms. The van der Waals surface area contributed by atoms with E-state index in [4.69, 9.17) is 16.7 Å². The summed E-state index contributed by atoms with van der Waals surface area (Å²) >= 11 is 7.22. The summed E-state index contributed by atoms with van der Waals surface area (Å²) in [6.45, 7) is 1.29. The van der Waals surface area contributed by atoms with Crippen molar-refractivity contribution in [3.05, 3.63) is 41.4 Å². The molecule has 0 spiro atoms. The number of carboxylic acids is 1. The van der Waals surface area contributed by atoms with Crippen LogP contribution in [-0.4, -0.2) is 27.5 Å². The maximum atomic E-state index is 10.8. The molecule has 100 valence electrons. The smallest absolute Gasteiger partial charge is 0.336 e. The van der Waals surface area contributed by atoms with Crippen LogP contribution in [0.25, 0.3) is 10.8 Å². The van der Waals surface area contributed by atoms with E-state index in [2.05, 4.69) is 0 Å². The van der Waals surface area contributed by atoms with E-state index in [9.17, 15) is 9.90 Å². The first-order valence-electron chi connectivity index (χ1n) is 5.66. The zero-order valence-corrected chi connectivity index (χ0v) is 11.8. The van der Waals surface area contributed by atoms with Crippen molar-refractivity contribution < 1.29 is 15.0 Å². The van der Waals surface area contributed by atoms with E-state index in [0.717, 1.165) is 15.7 Å². The molecule has 0 saturated heterocycles. The van der Waals surface area contributed by atoms with Gasteiger partial charge in [-0.25, -0.2) is 4.79 Å². The lowest BCUT2D eigenvalue weighted by Crippen LogP contribution is -2.37. The standard InChI is InChI=1S/C14H13ClO3S/c1-14(18,13(16)17)8-19-12-5-3-9-6-11(15)4-2-10(9)7-12/h2-7,18H,8H2,1H3,(H,16,17). The summed E-state index contributed by atoms with van der Waals surface area (Å²) < 4.78 is 0. The molecule has 1 atom stereocenters. The summed E-state index contributed by atoms with van der Waals surface area (Å²) in [6, 6.07) is 11.4. The number of halogens is 1. The molecule has 5 heteroatoms. The van der Waals surface area contributed by atoms with Crippen LogP contribution in [0.5, 0.6) is 0 Å². The lowest BCUT2D eigenvalue weighted by molar-refractivity contribution is -0.154. The molecule has 0 saturated carbocycles. The number of carbonyl (C=O) groups is 1. The van der Waals surface area contributed by atoms with Gasteiger partial charge >= 0.3 is 5.97 Å². The van der Waals surface area contributed by atoms with Crippen molar-refractivity contribution in [2.75, 3.05) is 5.75 Å². The first-order valence-corrected chi connectivity index (χ1v) is 7.03. The predicted molar refractivity (Wildman–Crippen MR) is 77.9 cm³/mol. The Hall–Kier alpha value is -1.23. The van der Waals surface area contributed by atoms with Crippen molar-refractivity contribution >= 4 is 40.1 Å². The molecule has 0 heterocycles. The van der Waals surface area contributed by atoms with Crippen molar-refractivity contribution in [2.45, 2.75) is 17.4 Å². The molecule has 3 nitrogen and oxygen atoms in total. The van der Waals surface area contributed by atoms with Gasteiger partial charge in [-0.05, 0) is 42.0 Å². The van der Waals surface area contributed by atoms with Crippen molar-refractivity contribution in [3.8, 4) is 0 Å². The molecule has 0 radical (unpaired) electrons. The topological polar surface area (TPSA) is 57.5 Å². The first kappa shape index (κ1) is 14.2. The van der Waals surface area contributed by atoms with Gasteiger partial charge < -0.3 is 10.2 Å². The Balaban J connectivity index is 2.18. The fraction of sp³-hybridized carbons (Fsp3) is 0.214. The molecule has 2 N–H and O–H groups in total. The Kier molecular flexibility index (Phi) is 4.04. The number of carboxylic acid groups (broad SMARTS) is 1. The Bertz CT molecular complexity index is 625. The Morgan fingerprint density at radius 2 is 1.89 bits per heavy atom. The molecule has 0 aliphatic rings. The van der Waals surface area contributed by atoms with Crippen LogP contribution in [0, 0.1) is 0 Å².